The molecule has 4 heterocycles. The molecule has 8 nitrogen and oxygen atoms in total. The topological polar surface area (TPSA) is 77.2 Å². The minimum absolute atomic E-state index is 0.0286. The van der Waals surface area contributed by atoms with Crippen LogP contribution < -0.4 is 5.32 Å². The number of fused-ring (bicyclic) bond motifs is 1. The average molecular weight is 439 g/mol. The number of carbonyl (C=O) groups excluding carboxylic acids is 1. The number of ether oxygens (including phenoxy) is 1. The predicted octanol–water partition coefficient (Wildman–Crippen LogP) is 3.34. The second-order valence-electron chi connectivity index (χ2n) is 8.51. The van der Waals surface area contributed by atoms with Gasteiger partial charge in [-0.1, -0.05) is 6.07 Å². The van der Waals surface area contributed by atoms with Gasteiger partial charge in [-0.15, -0.1) is 0 Å². The third kappa shape index (κ3) is 3.56. The van der Waals surface area contributed by atoms with Crippen LogP contribution in [0.4, 0.5) is 15.9 Å². The maximum atomic E-state index is 15.1. The summed E-state index contributed by atoms with van der Waals surface area (Å²) in [7, 11) is 1.87. The van der Waals surface area contributed by atoms with Gasteiger partial charge in [0.25, 0.3) is 0 Å². The number of nitrogens with one attached hydrogen (secondary N) is 1. The zero-order valence-corrected chi connectivity index (χ0v) is 18.6. The van der Waals surface area contributed by atoms with E-state index in [-0.39, 0.29) is 17.8 Å². The highest BCUT2D eigenvalue weighted by Crippen LogP contribution is 2.34. The number of nitrogens with zero attached hydrogens (tertiary/aromatic N) is 5. The van der Waals surface area contributed by atoms with E-state index in [0.717, 1.165) is 40.9 Å². The van der Waals surface area contributed by atoms with E-state index in [9.17, 15) is 4.79 Å². The van der Waals surface area contributed by atoms with Crippen molar-refractivity contribution in [2.45, 2.75) is 39.3 Å². The Bertz CT molecular complexity index is 1180. The third-order valence-electron chi connectivity index (χ3n) is 6.55. The summed E-state index contributed by atoms with van der Waals surface area (Å²) in [5.41, 5.74) is 5.05. The molecular formula is C23H27FN6O2. The first-order chi connectivity index (χ1) is 15.4. The van der Waals surface area contributed by atoms with Gasteiger partial charge in [0.1, 0.15) is 5.82 Å². The van der Waals surface area contributed by atoms with Crippen molar-refractivity contribution in [3.8, 4) is 11.1 Å². The summed E-state index contributed by atoms with van der Waals surface area (Å²) in [5, 5.41) is 12.3. The fraction of sp³-hybridized carbons (Fsp3) is 0.435. The first-order valence-corrected chi connectivity index (χ1v) is 10.9. The zero-order chi connectivity index (χ0) is 22.4. The molecule has 1 fully saturated rings. The van der Waals surface area contributed by atoms with Crippen LogP contribution >= 0.6 is 0 Å². The SMILES string of the molecule is CC(=O)N1CCc2c(c(Nc3ccc(-c4cnn(C)c4C)cc3F)nn2[C@H]2CCOC2)C1. The molecule has 32 heavy (non-hydrogen) atoms. The van der Waals surface area contributed by atoms with E-state index in [1.807, 2.05) is 24.7 Å². The van der Waals surface area contributed by atoms with Crippen molar-refractivity contribution in [1.29, 1.82) is 0 Å². The molecule has 168 valence electrons. The van der Waals surface area contributed by atoms with Crippen molar-refractivity contribution in [3.05, 3.63) is 47.2 Å². The van der Waals surface area contributed by atoms with Gasteiger partial charge in [-0.05, 0) is 31.0 Å². The molecule has 2 aliphatic heterocycles. The molecule has 0 aliphatic carbocycles. The number of halogens is 1. The maximum absolute atomic E-state index is 15.1. The molecule has 5 rings (SSSR count). The first-order valence-electron chi connectivity index (χ1n) is 10.9. The van der Waals surface area contributed by atoms with Crippen molar-refractivity contribution >= 4 is 17.4 Å². The van der Waals surface area contributed by atoms with Gasteiger partial charge in [0, 0.05) is 56.1 Å². The number of carbonyl (C=O) groups is 1. The lowest BCUT2D eigenvalue weighted by atomic mass is 10.1. The molecule has 0 bridgehead atoms. The number of hydrogen-bond donors (Lipinski definition) is 1. The number of benzene rings is 1. The molecule has 1 aromatic carbocycles. The van der Waals surface area contributed by atoms with Crippen LogP contribution in [-0.2, 0) is 29.5 Å². The Balaban J connectivity index is 1.48. The molecule has 1 saturated heterocycles. The van der Waals surface area contributed by atoms with Crippen molar-refractivity contribution in [2.75, 3.05) is 25.1 Å². The second-order valence-corrected chi connectivity index (χ2v) is 8.51. The Kier molecular flexibility index (Phi) is 5.21. The zero-order valence-electron chi connectivity index (χ0n) is 18.6. The van der Waals surface area contributed by atoms with E-state index in [2.05, 4.69) is 10.4 Å². The highest BCUT2D eigenvalue weighted by molar-refractivity contribution is 5.74. The smallest absolute Gasteiger partial charge is 0.219 e. The van der Waals surface area contributed by atoms with Gasteiger partial charge in [-0.2, -0.15) is 10.2 Å². The van der Waals surface area contributed by atoms with Crippen LogP contribution in [0, 0.1) is 12.7 Å². The fourth-order valence-electron chi connectivity index (χ4n) is 4.53. The highest BCUT2D eigenvalue weighted by Gasteiger charge is 2.30. The summed E-state index contributed by atoms with van der Waals surface area (Å²) in [6, 6.07) is 5.30. The third-order valence-corrected chi connectivity index (χ3v) is 6.55. The Morgan fingerprint density at radius 3 is 2.84 bits per heavy atom. The number of amides is 1. The molecule has 1 N–H and O–H groups in total. The van der Waals surface area contributed by atoms with Crippen LogP contribution in [0.25, 0.3) is 11.1 Å². The van der Waals surface area contributed by atoms with Gasteiger partial charge in [-0.3, -0.25) is 14.2 Å². The standard InChI is InChI=1S/C23H27FN6O2/c1-14-18(11-25-28(14)3)16-4-5-21(20(24)10-16)26-23-19-12-29(15(2)31)8-6-22(19)30(27-23)17-7-9-32-13-17/h4-5,10-11,17H,6-9,12-13H2,1-3H3,(H,26,27)/t17-/m0/s1. The van der Waals surface area contributed by atoms with Gasteiger partial charge >= 0.3 is 0 Å². The van der Waals surface area contributed by atoms with Crippen molar-refractivity contribution < 1.29 is 13.9 Å². The van der Waals surface area contributed by atoms with Gasteiger partial charge in [-0.25, -0.2) is 4.39 Å². The van der Waals surface area contributed by atoms with Gasteiger partial charge < -0.3 is 15.0 Å². The summed E-state index contributed by atoms with van der Waals surface area (Å²) < 4.78 is 24.4. The van der Waals surface area contributed by atoms with Gasteiger partial charge in [0.05, 0.1) is 31.1 Å². The summed E-state index contributed by atoms with van der Waals surface area (Å²) in [6.45, 7) is 6.00. The Morgan fingerprint density at radius 1 is 1.34 bits per heavy atom. The lowest BCUT2D eigenvalue weighted by Gasteiger charge is -2.27. The highest BCUT2D eigenvalue weighted by atomic mass is 19.1. The molecule has 2 aromatic heterocycles. The summed E-state index contributed by atoms with van der Waals surface area (Å²) >= 11 is 0. The second kappa shape index (κ2) is 8.05. The Morgan fingerprint density at radius 2 is 2.19 bits per heavy atom. The first kappa shape index (κ1) is 20.7. The van der Waals surface area contributed by atoms with Crippen molar-refractivity contribution in [3.63, 3.8) is 0 Å². The summed E-state index contributed by atoms with van der Waals surface area (Å²) in [4.78, 5) is 13.8. The quantitative estimate of drug-likeness (QED) is 0.676. The van der Waals surface area contributed by atoms with E-state index >= 15 is 4.39 Å². The van der Waals surface area contributed by atoms with Gasteiger partial charge in [0.2, 0.25) is 5.91 Å². The predicted molar refractivity (Wildman–Crippen MR) is 118 cm³/mol. The van der Waals surface area contributed by atoms with Crippen LogP contribution in [0.15, 0.2) is 24.4 Å². The van der Waals surface area contributed by atoms with Crippen molar-refractivity contribution in [2.24, 2.45) is 7.05 Å². The van der Waals surface area contributed by atoms with Crippen LogP contribution in [0.3, 0.4) is 0 Å². The molecular weight excluding hydrogens is 411 g/mol. The minimum Gasteiger partial charge on any atom is -0.379 e. The molecule has 0 spiro atoms. The summed E-state index contributed by atoms with van der Waals surface area (Å²) in [6.07, 6.45) is 3.37. The maximum Gasteiger partial charge on any atom is 0.219 e. The van der Waals surface area contributed by atoms with Crippen LogP contribution in [0.5, 0.6) is 0 Å². The number of aromatic nitrogens is 4. The minimum atomic E-state index is -0.363. The molecule has 1 atom stereocenters. The molecule has 0 unspecified atom stereocenters. The molecule has 1 amide bonds. The van der Waals surface area contributed by atoms with Crippen LogP contribution in [0.1, 0.15) is 36.3 Å². The molecule has 3 aromatic rings. The van der Waals surface area contributed by atoms with E-state index in [1.165, 1.54) is 6.07 Å². The number of rotatable bonds is 4. The van der Waals surface area contributed by atoms with E-state index in [0.29, 0.717) is 37.8 Å². The van der Waals surface area contributed by atoms with Gasteiger partial charge in [0.15, 0.2) is 5.82 Å². The monoisotopic (exact) mass is 438 g/mol. The Labute approximate surface area is 186 Å². The normalized spacial score (nSPS) is 18.1. The lowest BCUT2D eigenvalue weighted by molar-refractivity contribution is -0.129. The van der Waals surface area contributed by atoms with E-state index in [4.69, 9.17) is 9.84 Å². The van der Waals surface area contributed by atoms with Crippen molar-refractivity contribution in [1.82, 2.24) is 24.5 Å². The molecule has 0 saturated carbocycles. The van der Waals surface area contributed by atoms with Crippen LogP contribution in [0.2, 0.25) is 0 Å². The van der Waals surface area contributed by atoms with Crippen LogP contribution in [-0.4, -0.2) is 50.1 Å². The average Bonchev–Trinajstić information content (AvgIpc) is 3.50. The number of anilines is 2. The lowest BCUT2D eigenvalue weighted by Crippen LogP contribution is -2.35. The number of hydrogen-bond acceptors (Lipinski definition) is 5. The fourth-order valence-corrected chi connectivity index (χ4v) is 4.53. The number of aryl methyl sites for hydroxylation is 1. The van der Waals surface area contributed by atoms with E-state index in [1.54, 1.807) is 28.8 Å². The van der Waals surface area contributed by atoms with E-state index < -0.39 is 0 Å². The molecule has 0 radical (unpaired) electrons. The molecule has 9 heteroatoms. The summed E-state index contributed by atoms with van der Waals surface area (Å²) in [5.74, 6) is 0.264. The largest absolute Gasteiger partial charge is 0.379 e. The molecule has 2 aliphatic rings. The Hall–Kier alpha value is -3.20.